The van der Waals surface area contributed by atoms with Crippen molar-refractivity contribution in [3.05, 3.63) is 24.5 Å². The van der Waals surface area contributed by atoms with E-state index >= 15 is 0 Å². The largest absolute Gasteiger partial charge is 0.236 e. The maximum absolute atomic E-state index is 5.51. The van der Waals surface area contributed by atoms with E-state index in [1.165, 1.54) is 0 Å². The Morgan fingerprint density at radius 2 is 2.40 bits per heavy atom. The van der Waals surface area contributed by atoms with Crippen molar-refractivity contribution in [3.63, 3.8) is 0 Å². The molecule has 2 radical (unpaired) electrons. The Kier molecular flexibility index (Phi) is 1.00. The molecule has 0 amide bonds. The van der Waals surface area contributed by atoms with Crippen molar-refractivity contribution >= 4 is 19.1 Å². The van der Waals surface area contributed by atoms with Crippen LogP contribution >= 0.6 is 0 Å². The van der Waals surface area contributed by atoms with Crippen molar-refractivity contribution in [2.45, 2.75) is 0 Å². The van der Waals surface area contributed by atoms with Gasteiger partial charge in [0.1, 0.15) is 7.85 Å². The Balaban J connectivity index is 2.93. The number of aromatic nitrogens is 3. The third kappa shape index (κ3) is 0.619. The molecule has 0 saturated carbocycles. The van der Waals surface area contributed by atoms with E-state index in [1.807, 2.05) is 12.1 Å². The zero-order chi connectivity index (χ0) is 6.97. The molecule has 2 aromatic rings. The summed E-state index contributed by atoms with van der Waals surface area (Å²) >= 11 is 0. The Hall–Kier alpha value is -1.32. The minimum atomic E-state index is 0.565. The molecule has 10 heavy (non-hydrogen) atoms. The number of imidazole rings is 1. The van der Waals surface area contributed by atoms with Crippen LogP contribution in [0, 0.1) is 0 Å². The van der Waals surface area contributed by atoms with Crippen LogP contribution in [0.25, 0.3) is 5.65 Å². The maximum atomic E-state index is 5.51. The van der Waals surface area contributed by atoms with E-state index in [2.05, 4.69) is 10.1 Å². The molecule has 0 atom stereocenters. The fraction of sp³-hybridized carbons (Fsp3) is 0. The van der Waals surface area contributed by atoms with Crippen molar-refractivity contribution < 1.29 is 0 Å². The van der Waals surface area contributed by atoms with Gasteiger partial charge in [-0.05, 0) is 12.1 Å². The van der Waals surface area contributed by atoms with E-state index in [4.69, 9.17) is 7.85 Å². The maximum Gasteiger partial charge on any atom is 0.152 e. The van der Waals surface area contributed by atoms with Crippen LogP contribution in [0.1, 0.15) is 0 Å². The molecule has 0 aromatic carbocycles. The molecular weight excluding hydrogens is 125 g/mol. The van der Waals surface area contributed by atoms with Crippen LogP contribution in [-0.4, -0.2) is 22.4 Å². The molecule has 4 heteroatoms. The highest BCUT2D eigenvalue weighted by atomic mass is 15.2. The van der Waals surface area contributed by atoms with Crippen molar-refractivity contribution in [3.8, 4) is 0 Å². The lowest BCUT2D eigenvalue weighted by molar-refractivity contribution is 0.959. The van der Waals surface area contributed by atoms with Crippen LogP contribution in [0.4, 0.5) is 0 Å². The summed E-state index contributed by atoms with van der Waals surface area (Å²) in [5, 5.41) is 3.97. The highest BCUT2D eigenvalue weighted by molar-refractivity contribution is 6.30. The molecule has 0 N–H and O–H groups in total. The molecule has 2 rings (SSSR count). The fourth-order valence-electron chi connectivity index (χ4n) is 0.848. The Morgan fingerprint density at radius 1 is 1.50 bits per heavy atom. The second-order valence-corrected chi connectivity index (χ2v) is 1.98. The second-order valence-electron chi connectivity index (χ2n) is 1.98. The molecule has 3 nitrogen and oxygen atoms in total. The first-order valence-electron chi connectivity index (χ1n) is 2.92. The first kappa shape index (κ1) is 5.47. The Bertz CT molecular complexity index is 355. The van der Waals surface area contributed by atoms with E-state index in [1.54, 1.807) is 16.9 Å². The highest BCUT2D eigenvalue weighted by Crippen LogP contribution is 1.91. The molecule has 0 aliphatic rings. The lowest BCUT2D eigenvalue weighted by Crippen LogP contribution is -2.11. The van der Waals surface area contributed by atoms with Gasteiger partial charge in [0.05, 0.1) is 0 Å². The average Bonchev–Trinajstić information content (AvgIpc) is 2.34. The van der Waals surface area contributed by atoms with Crippen molar-refractivity contribution in [1.29, 1.82) is 0 Å². The summed E-state index contributed by atoms with van der Waals surface area (Å²) in [4.78, 5) is 3.99. The van der Waals surface area contributed by atoms with E-state index in [-0.39, 0.29) is 0 Å². The Morgan fingerprint density at radius 3 is 3.20 bits per heavy atom. The molecule has 0 unspecified atom stereocenters. The monoisotopic (exact) mass is 129 g/mol. The zero-order valence-electron chi connectivity index (χ0n) is 5.23. The van der Waals surface area contributed by atoms with Gasteiger partial charge in [0.25, 0.3) is 0 Å². The van der Waals surface area contributed by atoms with Crippen LogP contribution in [0.3, 0.4) is 0 Å². The quantitative estimate of drug-likeness (QED) is 0.450. The number of hydrogen-bond donors (Lipinski definition) is 0. The number of nitrogens with zero attached hydrogens (tertiary/aromatic N) is 3. The van der Waals surface area contributed by atoms with Gasteiger partial charge in [-0.2, -0.15) is 5.10 Å². The minimum Gasteiger partial charge on any atom is -0.236 e. The summed E-state index contributed by atoms with van der Waals surface area (Å²) in [5.74, 6) is 0. The minimum absolute atomic E-state index is 0.565. The summed E-state index contributed by atoms with van der Waals surface area (Å²) < 4.78 is 1.58. The normalized spacial score (nSPS) is 10.4. The standard InChI is InChI=1S/C6H4BN3/c7-5-4-8-6-2-1-3-9-10(5)6/h1-4H. The van der Waals surface area contributed by atoms with Gasteiger partial charge in [0.15, 0.2) is 5.65 Å². The molecule has 0 fully saturated rings. The number of hydrogen-bond acceptors (Lipinski definition) is 2. The van der Waals surface area contributed by atoms with Gasteiger partial charge < -0.3 is 0 Å². The molecule has 2 aromatic heterocycles. The van der Waals surface area contributed by atoms with Gasteiger partial charge in [0.2, 0.25) is 0 Å². The van der Waals surface area contributed by atoms with E-state index in [0.29, 0.717) is 5.59 Å². The predicted molar refractivity (Wildman–Crippen MR) is 38.4 cm³/mol. The fourth-order valence-corrected chi connectivity index (χ4v) is 0.848. The van der Waals surface area contributed by atoms with Gasteiger partial charge in [-0.25, -0.2) is 9.50 Å². The van der Waals surface area contributed by atoms with Crippen molar-refractivity contribution in [2.24, 2.45) is 0 Å². The van der Waals surface area contributed by atoms with E-state index < -0.39 is 0 Å². The molecule has 46 valence electrons. The van der Waals surface area contributed by atoms with Crippen LogP contribution in [0.5, 0.6) is 0 Å². The van der Waals surface area contributed by atoms with E-state index in [9.17, 15) is 0 Å². The molecule has 2 heterocycles. The number of fused-ring (bicyclic) bond motifs is 1. The third-order valence-corrected chi connectivity index (χ3v) is 1.30. The van der Waals surface area contributed by atoms with Crippen LogP contribution in [0.2, 0.25) is 0 Å². The van der Waals surface area contributed by atoms with Crippen LogP contribution in [-0.2, 0) is 0 Å². The summed E-state index contributed by atoms with van der Waals surface area (Å²) in [5.41, 5.74) is 1.34. The zero-order valence-corrected chi connectivity index (χ0v) is 5.23. The lowest BCUT2D eigenvalue weighted by Gasteiger charge is -1.90. The highest BCUT2D eigenvalue weighted by Gasteiger charge is 1.94. The van der Waals surface area contributed by atoms with Crippen LogP contribution in [0.15, 0.2) is 24.5 Å². The molecule has 0 bridgehead atoms. The summed E-state index contributed by atoms with van der Waals surface area (Å²) in [7, 11) is 5.51. The third-order valence-electron chi connectivity index (χ3n) is 1.30. The topological polar surface area (TPSA) is 30.2 Å². The summed E-state index contributed by atoms with van der Waals surface area (Å²) in [6, 6.07) is 3.67. The molecule has 0 spiro atoms. The van der Waals surface area contributed by atoms with Gasteiger partial charge in [-0.3, -0.25) is 0 Å². The van der Waals surface area contributed by atoms with E-state index in [0.717, 1.165) is 5.65 Å². The van der Waals surface area contributed by atoms with Gasteiger partial charge >= 0.3 is 0 Å². The number of rotatable bonds is 0. The summed E-state index contributed by atoms with van der Waals surface area (Å²) in [6.07, 6.45) is 3.26. The SMILES string of the molecule is [B]c1cnc2cccnn12. The first-order chi connectivity index (χ1) is 4.88. The summed E-state index contributed by atoms with van der Waals surface area (Å²) in [6.45, 7) is 0. The van der Waals surface area contributed by atoms with Crippen molar-refractivity contribution in [1.82, 2.24) is 14.6 Å². The Labute approximate surface area is 59.1 Å². The predicted octanol–water partition coefficient (Wildman–Crippen LogP) is -0.477. The van der Waals surface area contributed by atoms with Gasteiger partial charge in [-0.15, -0.1) is 0 Å². The average molecular weight is 129 g/mol. The molecule has 0 saturated heterocycles. The van der Waals surface area contributed by atoms with Gasteiger partial charge in [0, 0.05) is 18.0 Å². The van der Waals surface area contributed by atoms with Crippen LogP contribution < -0.4 is 5.59 Å². The molecule has 0 aliphatic carbocycles. The molecular formula is C6H4BN3. The van der Waals surface area contributed by atoms with Crippen molar-refractivity contribution in [2.75, 3.05) is 0 Å². The molecule has 0 aliphatic heterocycles. The first-order valence-corrected chi connectivity index (χ1v) is 2.92. The second kappa shape index (κ2) is 1.83. The lowest BCUT2D eigenvalue weighted by atomic mass is 10.1. The van der Waals surface area contributed by atoms with Gasteiger partial charge in [-0.1, -0.05) is 0 Å². The smallest absolute Gasteiger partial charge is 0.152 e.